The van der Waals surface area contributed by atoms with Crippen molar-refractivity contribution < 1.29 is 14.7 Å². The van der Waals surface area contributed by atoms with E-state index in [1.54, 1.807) is 11.0 Å². The molecule has 2 N–H and O–H groups in total. The lowest BCUT2D eigenvalue weighted by molar-refractivity contribution is -0.130. The van der Waals surface area contributed by atoms with Crippen molar-refractivity contribution in [3.05, 3.63) is 48.0 Å². The summed E-state index contributed by atoms with van der Waals surface area (Å²) >= 11 is 0. The average Bonchev–Trinajstić information content (AvgIpc) is 3.00. The second-order valence-corrected chi connectivity index (χ2v) is 5.85. The molecule has 2 amide bonds. The number of benzene rings is 2. The van der Waals surface area contributed by atoms with Gasteiger partial charge in [0.25, 0.3) is 5.91 Å². The first-order valence-corrected chi connectivity index (χ1v) is 7.86. The quantitative estimate of drug-likeness (QED) is 0.900. The van der Waals surface area contributed by atoms with Crippen LogP contribution in [-0.4, -0.2) is 47.6 Å². The van der Waals surface area contributed by atoms with Crippen LogP contribution in [0, 0.1) is 0 Å². The van der Waals surface area contributed by atoms with Crippen LogP contribution in [0.2, 0.25) is 0 Å². The Morgan fingerprint density at radius 2 is 1.96 bits per heavy atom. The zero-order valence-corrected chi connectivity index (χ0v) is 12.9. The Morgan fingerprint density at radius 3 is 2.70 bits per heavy atom. The molecule has 23 heavy (non-hydrogen) atoms. The summed E-state index contributed by atoms with van der Waals surface area (Å²) in [6.45, 7) is 1.30. The standard InChI is InChI=1S/C18H20N2O3/c21-16-8-10-20(12-16)17(22)7-9-19-18(23)15-6-5-13-3-1-2-4-14(13)11-15/h1-6,11,16,21H,7-10,12H2,(H,19,23)/t16-/m1/s1. The molecule has 1 heterocycles. The zero-order chi connectivity index (χ0) is 16.2. The Labute approximate surface area is 134 Å². The normalized spacial score (nSPS) is 17.4. The summed E-state index contributed by atoms with van der Waals surface area (Å²) in [5.74, 6) is -0.203. The highest BCUT2D eigenvalue weighted by Gasteiger charge is 2.24. The largest absolute Gasteiger partial charge is 0.391 e. The molecule has 1 saturated heterocycles. The molecule has 120 valence electrons. The van der Waals surface area contributed by atoms with Crippen LogP contribution in [0.1, 0.15) is 23.2 Å². The molecule has 0 bridgehead atoms. The van der Waals surface area contributed by atoms with E-state index in [-0.39, 0.29) is 18.2 Å². The number of rotatable bonds is 4. The van der Waals surface area contributed by atoms with Crippen LogP contribution < -0.4 is 5.32 Å². The molecule has 1 atom stereocenters. The van der Waals surface area contributed by atoms with E-state index in [1.807, 2.05) is 36.4 Å². The summed E-state index contributed by atoms with van der Waals surface area (Å²) in [4.78, 5) is 25.8. The van der Waals surface area contributed by atoms with Gasteiger partial charge in [0.2, 0.25) is 5.91 Å². The molecule has 3 rings (SSSR count). The number of hydrogen-bond donors (Lipinski definition) is 2. The molecule has 1 fully saturated rings. The Morgan fingerprint density at radius 1 is 1.17 bits per heavy atom. The van der Waals surface area contributed by atoms with E-state index in [0.717, 1.165) is 10.8 Å². The predicted octanol–water partition coefficient (Wildman–Crippen LogP) is 1.55. The van der Waals surface area contributed by atoms with Gasteiger partial charge in [-0.05, 0) is 29.3 Å². The minimum absolute atomic E-state index is 0.0274. The predicted molar refractivity (Wildman–Crippen MR) is 88.1 cm³/mol. The molecular weight excluding hydrogens is 292 g/mol. The number of fused-ring (bicyclic) bond motifs is 1. The molecule has 1 aliphatic rings. The van der Waals surface area contributed by atoms with Gasteiger partial charge in [-0.1, -0.05) is 30.3 Å². The summed E-state index contributed by atoms with van der Waals surface area (Å²) in [7, 11) is 0. The molecule has 2 aromatic rings. The van der Waals surface area contributed by atoms with Crippen LogP contribution >= 0.6 is 0 Å². The van der Waals surface area contributed by atoms with Crippen LogP contribution in [0.3, 0.4) is 0 Å². The van der Waals surface area contributed by atoms with Gasteiger partial charge in [0.15, 0.2) is 0 Å². The number of β-amino-alcohol motifs (C(OH)–C–C–N with tert-alkyl or cyclic N) is 1. The average molecular weight is 312 g/mol. The van der Waals surface area contributed by atoms with Crippen molar-refractivity contribution in [3.63, 3.8) is 0 Å². The number of aliphatic hydroxyl groups is 1. The fourth-order valence-electron chi connectivity index (χ4n) is 2.84. The highest BCUT2D eigenvalue weighted by atomic mass is 16.3. The van der Waals surface area contributed by atoms with Crippen LogP contribution in [0.5, 0.6) is 0 Å². The number of likely N-dealkylation sites (tertiary alicyclic amines) is 1. The molecule has 0 unspecified atom stereocenters. The SMILES string of the molecule is O=C(NCCC(=O)N1CC[C@@H](O)C1)c1ccc2ccccc2c1. The smallest absolute Gasteiger partial charge is 0.251 e. The van der Waals surface area contributed by atoms with Crippen molar-refractivity contribution in [3.8, 4) is 0 Å². The lowest BCUT2D eigenvalue weighted by Crippen LogP contribution is -2.33. The number of hydrogen-bond acceptors (Lipinski definition) is 3. The fourth-order valence-corrected chi connectivity index (χ4v) is 2.84. The highest BCUT2D eigenvalue weighted by molar-refractivity contribution is 5.98. The number of carbonyl (C=O) groups is 2. The molecular formula is C18H20N2O3. The lowest BCUT2D eigenvalue weighted by Gasteiger charge is -2.15. The van der Waals surface area contributed by atoms with E-state index >= 15 is 0 Å². The third-order valence-electron chi connectivity index (χ3n) is 4.15. The Balaban J connectivity index is 1.53. The second kappa shape index (κ2) is 6.79. The minimum Gasteiger partial charge on any atom is -0.391 e. The zero-order valence-electron chi connectivity index (χ0n) is 12.9. The molecule has 0 aromatic heterocycles. The number of carbonyl (C=O) groups excluding carboxylic acids is 2. The first kappa shape index (κ1) is 15.5. The highest BCUT2D eigenvalue weighted by Crippen LogP contribution is 2.15. The molecule has 1 aliphatic heterocycles. The molecule has 0 aliphatic carbocycles. The van der Waals surface area contributed by atoms with E-state index in [2.05, 4.69) is 5.32 Å². The van der Waals surface area contributed by atoms with E-state index in [1.165, 1.54) is 0 Å². The molecule has 0 radical (unpaired) electrons. The van der Waals surface area contributed by atoms with Crippen molar-refractivity contribution in [2.45, 2.75) is 18.9 Å². The van der Waals surface area contributed by atoms with Gasteiger partial charge >= 0.3 is 0 Å². The fraction of sp³-hybridized carbons (Fsp3) is 0.333. The number of aliphatic hydroxyl groups excluding tert-OH is 1. The van der Waals surface area contributed by atoms with E-state index in [9.17, 15) is 14.7 Å². The Bertz CT molecular complexity index is 729. The van der Waals surface area contributed by atoms with Crippen molar-refractivity contribution in [2.75, 3.05) is 19.6 Å². The monoisotopic (exact) mass is 312 g/mol. The summed E-state index contributed by atoms with van der Waals surface area (Å²) in [5.41, 5.74) is 0.591. The number of nitrogens with zero attached hydrogens (tertiary/aromatic N) is 1. The third kappa shape index (κ3) is 3.68. The van der Waals surface area contributed by atoms with Gasteiger partial charge in [0.05, 0.1) is 6.10 Å². The molecule has 5 heteroatoms. The van der Waals surface area contributed by atoms with Gasteiger partial charge in [-0.25, -0.2) is 0 Å². The maximum Gasteiger partial charge on any atom is 0.251 e. The Kier molecular flexibility index (Phi) is 4.57. The van der Waals surface area contributed by atoms with Crippen LogP contribution in [0.4, 0.5) is 0 Å². The maximum atomic E-state index is 12.2. The lowest BCUT2D eigenvalue weighted by atomic mass is 10.1. The topological polar surface area (TPSA) is 69.6 Å². The van der Waals surface area contributed by atoms with Gasteiger partial charge in [-0.2, -0.15) is 0 Å². The number of amides is 2. The van der Waals surface area contributed by atoms with Crippen LogP contribution in [-0.2, 0) is 4.79 Å². The molecule has 0 spiro atoms. The van der Waals surface area contributed by atoms with Crippen LogP contribution in [0.25, 0.3) is 10.8 Å². The molecule has 5 nitrogen and oxygen atoms in total. The van der Waals surface area contributed by atoms with E-state index < -0.39 is 6.10 Å². The van der Waals surface area contributed by atoms with Gasteiger partial charge in [-0.15, -0.1) is 0 Å². The summed E-state index contributed by atoms with van der Waals surface area (Å²) < 4.78 is 0. The summed E-state index contributed by atoms with van der Waals surface area (Å²) in [6.07, 6.45) is 0.479. The number of nitrogens with one attached hydrogen (secondary N) is 1. The van der Waals surface area contributed by atoms with Gasteiger partial charge in [0.1, 0.15) is 0 Å². The van der Waals surface area contributed by atoms with Gasteiger partial charge < -0.3 is 15.3 Å². The van der Waals surface area contributed by atoms with Gasteiger partial charge in [0, 0.05) is 31.6 Å². The first-order valence-electron chi connectivity index (χ1n) is 7.86. The second-order valence-electron chi connectivity index (χ2n) is 5.85. The molecule has 0 saturated carbocycles. The first-order chi connectivity index (χ1) is 11.1. The minimum atomic E-state index is -0.411. The Hall–Kier alpha value is -2.40. The molecule has 2 aromatic carbocycles. The third-order valence-corrected chi connectivity index (χ3v) is 4.15. The van der Waals surface area contributed by atoms with Crippen molar-refractivity contribution in [2.24, 2.45) is 0 Å². The summed E-state index contributed by atoms with van der Waals surface area (Å²) in [5, 5.41) is 14.3. The van der Waals surface area contributed by atoms with Crippen LogP contribution in [0.15, 0.2) is 42.5 Å². The van der Waals surface area contributed by atoms with Crippen molar-refractivity contribution >= 4 is 22.6 Å². The maximum absolute atomic E-state index is 12.2. The van der Waals surface area contributed by atoms with Crippen molar-refractivity contribution in [1.29, 1.82) is 0 Å². The van der Waals surface area contributed by atoms with Gasteiger partial charge in [-0.3, -0.25) is 9.59 Å². The van der Waals surface area contributed by atoms with E-state index in [4.69, 9.17) is 0 Å². The van der Waals surface area contributed by atoms with E-state index in [0.29, 0.717) is 31.6 Å². The van der Waals surface area contributed by atoms with Crippen molar-refractivity contribution in [1.82, 2.24) is 10.2 Å². The summed E-state index contributed by atoms with van der Waals surface area (Å²) in [6, 6.07) is 13.4.